The number of rotatable bonds is 8. The largest absolute Gasteiger partial charge is 0.462 e. The summed E-state index contributed by atoms with van der Waals surface area (Å²) in [7, 11) is 0. The molecule has 0 aliphatic heterocycles. The zero-order chi connectivity index (χ0) is 40.4. The number of hydrogen-bond donors (Lipinski definition) is 3. The third-order valence-corrected chi connectivity index (χ3v) is 16.4. The smallest absolute Gasteiger partial charge is 0.333 e. The van der Waals surface area contributed by atoms with E-state index in [9.17, 15) is 29.7 Å². The average Bonchev–Trinajstić information content (AvgIpc) is 3.12. The lowest BCUT2D eigenvalue weighted by atomic mass is 9.33. The molecule has 318 valence electrons. The fourth-order valence-corrected chi connectivity index (χ4v) is 12.4. The maximum atomic E-state index is 13.2. The number of ether oxygens (including phenoxy) is 3. The summed E-state index contributed by atoms with van der Waals surface area (Å²) in [4.78, 5) is 39.3. The molecule has 0 heterocycles. The molecule has 0 spiro atoms. The Hall–Kier alpha value is -2.75. The van der Waals surface area contributed by atoms with E-state index in [-0.39, 0.29) is 62.0 Å². The van der Waals surface area contributed by atoms with Crippen molar-refractivity contribution in [2.24, 2.45) is 50.2 Å². The summed E-state index contributed by atoms with van der Waals surface area (Å²) in [6.07, 6.45) is 8.69. The van der Waals surface area contributed by atoms with Gasteiger partial charge in [-0.25, -0.2) is 14.4 Å². The van der Waals surface area contributed by atoms with E-state index in [1.54, 1.807) is 45.9 Å². The van der Waals surface area contributed by atoms with Gasteiger partial charge < -0.3 is 29.5 Å². The summed E-state index contributed by atoms with van der Waals surface area (Å²) in [5, 5.41) is 35.8. The van der Waals surface area contributed by atoms with Gasteiger partial charge in [0.05, 0.1) is 18.1 Å². The molecule has 0 radical (unpaired) electrons. The zero-order valence-corrected chi connectivity index (χ0v) is 35.0. The maximum absolute atomic E-state index is 13.2. The van der Waals surface area contributed by atoms with Gasteiger partial charge in [-0.15, -0.1) is 0 Å². The zero-order valence-electron chi connectivity index (χ0n) is 35.0. The number of fused-ring (bicyclic) bond motifs is 7. The first-order chi connectivity index (χ1) is 25.1. The highest BCUT2D eigenvalue weighted by atomic mass is 16.6. The molecule has 4 fully saturated rings. The normalized spacial score (nSPS) is 41.8. The van der Waals surface area contributed by atoms with Crippen molar-refractivity contribution < 1.29 is 43.9 Å². The first-order valence-corrected chi connectivity index (χ1v) is 20.2. The summed E-state index contributed by atoms with van der Waals surface area (Å²) in [6.45, 7) is 23.5. The van der Waals surface area contributed by atoms with Crippen molar-refractivity contribution in [3.8, 4) is 0 Å². The monoisotopic (exact) mass is 785 g/mol. The van der Waals surface area contributed by atoms with E-state index in [1.807, 2.05) is 27.7 Å². The number of carbonyl (C=O) groups excluding carboxylic acids is 3. The van der Waals surface area contributed by atoms with E-state index < -0.39 is 58.7 Å². The molecule has 12 atom stereocenters. The van der Waals surface area contributed by atoms with E-state index in [2.05, 4.69) is 33.8 Å². The lowest BCUT2D eigenvalue weighted by molar-refractivity contribution is -0.263. The number of aliphatic hydroxyl groups is 3. The molecule has 0 aromatic carbocycles. The van der Waals surface area contributed by atoms with E-state index in [0.29, 0.717) is 36.0 Å². The van der Waals surface area contributed by atoms with Crippen LogP contribution in [0.3, 0.4) is 0 Å². The number of allylic oxidation sites excluding steroid dienone is 5. The minimum atomic E-state index is -1.29. The summed E-state index contributed by atoms with van der Waals surface area (Å²) < 4.78 is 18.3. The molecular weight excluding hydrogens is 709 g/mol. The Labute approximate surface area is 338 Å². The quantitative estimate of drug-likeness (QED) is 0.0954. The van der Waals surface area contributed by atoms with Crippen molar-refractivity contribution in [3.63, 3.8) is 0 Å². The molecule has 4 saturated carbocycles. The molecule has 3 unspecified atom stereocenters. The van der Waals surface area contributed by atoms with Gasteiger partial charge in [0.15, 0.2) is 0 Å². The molecular formula is C47H76O9. The molecule has 0 bridgehead atoms. The Bertz CT molecular complexity index is 1640. The van der Waals surface area contributed by atoms with Crippen LogP contribution in [-0.2, 0) is 28.6 Å². The summed E-state index contributed by atoms with van der Waals surface area (Å²) in [5.74, 6) is -1.27. The highest BCUT2D eigenvalue weighted by Gasteiger charge is 2.73. The van der Waals surface area contributed by atoms with Crippen LogP contribution in [0, 0.1) is 50.2 Å². The third-order valence-electron chi connectivity index (χ3n) is 16.4. The Balaban J connectivity index is 0.00000420. The molecule has 5 aliphatic carbocycles. The Morgan fingerprint density at radius 1 is 0.786 bits per heavy atom. The molecule has 0 saturated heterocycles. The second-order valence-corrected chi connectivity index (χ2v) is 19.2. The Kier molecular flexibility index (Phi) is 14.0. The lowest BCUT2D eigenvalue weighted by Gasteiger charge is -2.72. The molecule has 5 rings (SSSR count). The summed E-state index contributed by atoms with van der Waals surface area (Å²) >= 11 is 0. The average molecular weight is 785 g/mol. The second-order valence-electron chi connectivity index (χ2n) is 19.2. The van der Waals surface area contributed by atoms with E-state index in [4.69, 9.17) is 14.2 Å². The molecule has 56 heavy (non-hydrogen) atoms. The molecule has 0 aromatic rings. The molecule has 0 aromatic heterocycles. The van der Waals surface area contributed by atoms with E-state index in [1.165, 1.54) is 5.57 Å². The van der Waals surface area contributed by atoms with Crippen molar-refractivity contribution in [1.29, 1.82) is 0 Å². The van der Waals surface area contributed by atoms with Gasteiger partial charge in [-0.3, -0.25) is 0 Å². The number of carbonyl (C=O) groups is 3. The van der Waals surface area contributed by atoms with Crippen LogP contribution in [0.15, 0.2) is 46.6 Å². The number of esters is 3. The second kappa shape index (κ2) is 16.5. The molecule has 9 nitrogen and oxygen atoms in total. The predicted molar refractivity (Wildman–Crippen MR) is 221 cm³/mol. The molecule has 0 amide bonds. The fourth-order valence-electron chi connectivity index (χ4n) is 12.4. The van der Waals surface area contributed by atoms with Gasteiger partial charge in [-0.1, -0.05) is 86.3 Å². The van der Waals surface area contributed by atoms with Crippen LogP contribution in [0.2, 0.25) is 0 Å². The Morgan fingerprint density at radius 2 is 1.34 bits per heavy atom. The SMILES string of the molecule is C.C.C/C=C(\C)C(=O)OC[C@]1(C)C2CC[C@]3(C)C(CC=C4C5CC(C)(C)[C@@H](OC(=O)/C(C)=C/C)[C@H](O)[C@]5(CO)[C@H](O)C[C@]43C)[C@@]2(C)CC[C@@H]1OC(=O)/C(C)=C/C. The minimum absolute atomic E-state index is 0. The number of aliphatic hydroxyl groups excluding tert-OH is 3. The molecule has 3 N–H and O–H groups in total. The highest BCUT2D eigenvalue weighted by Crippen LogP contribution is 2.76. The Morgan fingerprint density at radius 3 is 1.89 bits per heavy atom. The van der Waals surface area contributed by atoms with Gasteiger partial charge in [0.2, 0.25) is 0 Å². The third kappa shape index (κ3) is 6.97. The fraction of sp³-hybridized carbons (Fsp3) is 0.766. The van der Waals surface area contributed by atoms with E-state index in [0.717, 1.165) is 25.7 Å². The van der Waals surface area contributed by atoms with Gasteiger partial charge >= 0.3 is 17.9 Å². The van der Waals surface area contributed by atoms with Gasteiger partial charge in [0, 0.05) is 27.5 Å². The first kappa shape index (κ1) is 47.6. The van der Waals surface area contributed by atoms with Gasteiger partial charge in [0.25, 0.3) is 0 Å². The van der Waals surface area contributed by atoms with Crippen molar-refractivity contribution in [1.82, 2.24) is 0 Å². The van der Waals surface area contributed by atoms with Crippen LogP contribution in [0.4, 0.5) is 0 Å². The van der Waals surface area contributed by atoms with Crippen molar-refractivity contribution in [3.05, 3.63) is 46.6 Å². The summed E-state index contributed by atoms with van der Waals surface area (Å²) in [5.41, 5.74) is -0.778. The molecule has 9 heteroatoms. The topological polar surface area (TPSA) is 140 Å². The summed E-state index contributed by atoms with van der Waals surface area (Å²) in [6, 6.07) is 0. The van der Waals surface area contributed by atoms with Crippen LogP contribution >= 0.6 is 0 Å². The minimum Gasteiger partial charge on any atom is -0.462 e. The highest BCUT2D eigenvalue weighted by molar-refractivity contribution is 5.88. The van der Waals surface area contributed by atoms with Gasteiger partial charge in [-0.05, 0) is 120 Å². The van der Waals surface area contributed by atoms with Crippen molar-refractivity contribution in [2.75, 3.05) is 13.2 Å². The van der Waals surface area contributed by atoms with Crippen molar-refractivity contribution in [2.45, 2.75) is 167 Å². The van der Waals surface area contributed by atoms with Crippen LogP contribution < -0.4 is 0 Å². The van der Waals surface area contributed by atoms with Gasteiger partial charge in [0.1, 0.15) is 24.9 Å². The van der Waals surface area contributed by atoms with Crippen molar-refractivity contribution >= 4 is 17.9 Å². The van der Waals surface area contributed by atoms with Crippen LogP contribution in [0.25, 0.3) is 0 Å². The lowest BCUT2D eigenvalue weighted by Crippen LogP contribution is -2.72. The number of hydrogen-bond acceptors (Lipinski definition) is 9. The van der Waals surface area contributed by atoms with Crippen LogP contribution in [0.5, 0.6) is 0 Å². The molecule has 5 aliphatic rings. The predicted octanol–water partition coefficient (Wildman–Crippen LogP) is 8.85. The van der Waals surface area contributed by atoms with Crippen LogP contribution in [0.1, 0.15) is 143 Å². The maximum Gasteiger partial charge on any atom is 0.333 e. The standard InChI is InChI=1S/C45H68O9.2CH4/c1-13-26(4)37(49)52-25-42(10)31-18-21-43(11)32(41(31,9)20-19-34(42)53-38(50)27(5)14-2)17-16-29-30-22-40(7,8)36(54-39(51)28(6)15-3)35(48)45(30,24-46)33(47)23-44(29,43)12;;/h13-16,30-36,46-48H,17-25H2,1-12H3;2*1H4/b26-13+,27-14+,28-15+;;/t30?,31?,32?,33-,34+,35+,36+,41+,42-,43-,44-,45+;;/m1../s1. The first-order valence-electron chi connectivity index (χ1n) is 20.2. The van der Waals surface area contributed by atoms with Gasteiger partial charge in [-0.2, -0.15) is 0 Å². The van der Waals surface area contributed by atoms with E-state index >= 15 is 0 Å². The van der Waals surface area contributed by atoms with Crippen LogP contribution in [-0.4, -0.2) is 70.9 Å².